The van der Waals surface area contributed by atoms with Crippen molar-refractivity contribution in [1.29, 1.82) is 0 Å². The summed E-state index contributed by atoms with van der Waals surface area (Å²) in [5.74, 6) is 0.715. The third-order valence-electron chi connectivity index (χ3n) is 2.46. The van der Waals surface area contributed by atoms with Crippen LogP contribution < -0.4 is 15.8 Å². The molecule has 2 aromatic rings. The van der Waals surface area contributed by atoms with Gasteiger partial charge in [-0.2, -0.15) is 0 Å². The topological polar surface area (TPSA) is 47.3 Å². The average molecular weight is 283 g/mol. The maximum atomic E-state index is 5.94. The first-order valence-corrected chi connectivity index (χ1v) is 6.01. The molecule has 0 aromatic heterocycles. The third kappa shape index (κ3) is 2.81. The van der Waals surface area contributed by atoms with Crippen LogP contribution >= 0.6 is 23.2 Å². The molecule has 3 N–H and O–H groups in total. The van der Waals surface area contributed by atoms with E-state index in [1.54, 1.807) is 25.3 Å². The molecule has 5 heteroatoms. The first kappa shape index (κ1) is 12.9. The quantitative estimate of drug-likeness (QED) is 0.824. The van der Waals surface area contributed by atoms with Crippen molar-refractivity contribution in [1.82, 2.24) is 0 Å². The normalized spacial score (nSPS) is 10.2. The predicted molar refractivity (Wildman–Crippen MR) is 77.2 cm³/mol. The van der Waals surface area contributed by atoms with Crippen molar-refractivity contribution in [3.05, 3.63) is 46.4 Å². The van der Waals surface area contributed by atoms with Crippen molar-refractivity contribution < 1.29 is 4.74 Å². The Labute approximate surface area is 115 Å². The van der Waals surface area contributed by atoms with Gasteiger partial charge in [0.1, 0.15) is 5.75 Å². The molecule has 0 amide bonds. The molecule has 0 aliphatic rings. The highest BCUT2D eigenvalue weighted by Gasteiger charge is 2.03. The molecule has 0 atom stereocenters. The molecule has 0 fully saturated rings. The predicted octanol–water partition coefficient (Wildman–Crippen LogP) is 4.33. The van der Waals surface area contributed by atoms with Crippen molar-refractivity contribution in [3.63, 3.8) is 0 Å². The lowest BCUT2D eigenvalue weighted by atomic mass is 10.2. The molecular weight excluding hydrogens is 271 g/mol. The van der Waals surface area contributed by atoms with E-state index in [2.05, 4.69) is 5.32 Å². The zero-order chi connectivity index (χ0) is 13.1. The molecule has 0 unspecified atom stereocenters. The fraction of sp³-hybridized carbons (Fsp3) is 0.0769. The van der Waals surface area contributed by atoms with Crippen molar-refractivity contribution in [2.45, 2.75) is 0 Å². The minimum Gasteiger partial charge on any atom is -0.497 e. The largest absolute Gasteiger partial charge is 0.497 e. The van der Waals surface area contributed by atoms with E-state index in [-0.39, 0.29) is 0 Å². The molecule has 2 aromatic carbocycles. The van der Waals surface area contributed by atoms with Crippen LogP contribution in [0, 0.1) is 0 Å². The second kappa shape index (κ2) is 5.38. The van der Waals surface area contributed by atoms with E-state index in [9.17, 15) is 0 Å². The van der Waals surface area contributed by atoms with Gasteiger partial charge >= 0.3 is 0 Å². The molecule has 0 aliphatic heterocycles. The zero-order valence-corrected chi connectivity index (χ0v) is 11.2. The SMILES string of the molecule is COc1ccc(Nc2ccc(Cl)c(Cl)c2)c(N)c1. The molecule has 0 heterocycles. The first-order valence-electron chi connectivity index (χ1n) is 5.26. The second-order valence-corrected chi connectivity index (χ2v) is 4.52. The standard InChI is InChI=1S/C13H12Cl2N2O/c1-18-9-3-5-13(12(16)7-9)17-8-2-4-10(14)11(15)6-8/h2-7,17H,16H2,1H3. The Morgan fingerprint density at radius 1 is 1.06 bits per heavy atom. The van der Waals surface area contributed by atoms with Crippen LogP contribution in [0.5, 0.6) is 5.75 Å². The smallest absolute Gasteiger partial charge is 0.121 e. The van der Waals surface area contributed by atoms with E-state index in [4.69, 9.17) is 33.7 Å². The minimum atomic E-state index is 0.494. The van der Waals surface area contributed by atoms with Crippen molar-refractivity contribution >= 4 is 40.3 Å². The molecule has 0 saturated heterocycles. The van der Waals surface area contributed by atoms with Crippen LogP contribution in [-0.4, -0.2) is 7.11 Å². The Morgan fingerprint density at radius 3 is 2.44 bits per heavy atom. The summed E-state index contributed by atoms with van der Waals surface area (Å²) in [6.07, 6.45) is 0. The molecule has 0 saturated carbocycles. The summed E-state index contributed by atoms with van der Waals surface area (Å²) in [5.41, 5.74) is 8.12. The van der Waals surface area contributed by atoms with Gasteiger partial charge in [0.25, 0.3) is 0 Å². The van der Waals surface area contributed by atoms with Gasteiger partial charge in [0, 0.05) is 11.8 Å². The van der Waals surface area contributed by atoms with E-state index in [1.165, 1.54) is 0 Å². The summed E-state index contributed by atoms with van der Waals surface area (Å²) in [6, 6.07) is 10.7. The fourth-order valence-corrected chi connectivity index (χ4v) is 1.81. The number of halogens is 2. The van der Waals surface area contributed by atoms with Crippen molar-refractivity contribution in [3.8, 4) is 5.75 Å². The van der Waals surface area contributed by atoms with Crippen LogP contribution in [0.1, 0.15) is 0 Å². The van der Waals surface area contributed by atoms with Gasteiger partial charge in [-0.1, -0.05) is 23.2 Å². The molecule has 0 spiro atoms. The van der Waals surface area contributed by atoms with Gasteiger partial charge in [-0.05, 0) is 30.3 Å². The van der Waals surface area contributed by atoms with Crippen molar-refractivity contribution in [2.24, 2.45) is 0 Å². The number of hydrogen-bond acceptors (Lipinski definition) is 3. The third-order valence-corrected chi connectivity index (χ3v) is 3.20. The second-order valence-electron chi connectivity index (χ2n) is 3.71. The highest BCUT2D eigenvalue weighted by Crippen LogP contribution is 2.30. The van der Waals surface area contributed by atoms with Gasteiger partial charge in [0.15, 0.2) is 0 Å². The van der Waals surface area contributed by atoms with Crippen LogP contribution in [0.3, 0.4) is 0 Å². The van der Waals surface area contributed by atoms with Crippen LogP contribution in [-0.2, 0) is 0 Å². The van der Waals surface area contributed by atoms with E-state index < -0.39 is 0 Å². The maximum Gasteiger partial charge on any atom is 0.121 e. The van der Waals surface area contributed by atoms with Gasteiger partial charge in [-0.3, -0.25) is 0 Å². The molecule has 94 valence electrons. The fourth-order valence-electron chi connectivity index (χ4n) is 1.51. The zero-order valence-electron chi connectivity index (χ0n) is 9.71. The number of hydrogen-bond donors (Lipinski definition) is 2. The number of nitrogen functional groups attached to an aromatic ring is 1. The van der Waals surface area contributed by atoms with Crippen LogP contribution in [0.2, 0.25) is 10.0 Å². The van der Waals surface area contributed by atoms with Crippen LogP contribution in [0.15, 0.2) is 36.4 Å². The Balaban J connectivity index is 2.25. The highest BCUT2D eigenvalue weighted by atomic mass is 35.5. The number of anilines is 3. The Hall–Kier alpha value is -1.58. The monoisotopic (exact) mass is 282 g/mol. The van der Waals surface area contributed by atoms with Gasteiger partial charge in [-0.15, -0.1) is 0 Å². The molecule has 0 bridgehead atoms. The lowest BCUT2D eigenvalue weighted by Crippen LogP contribution is -1.97. The summed E-state index contributed by atoms with van der Waals surface area (Å²) < 4.78 is 5.09. The number of nitrogens with two attached hydrogens (primary N) is 1. The molecule has 2 rings (SSSR count). The first-order chi connectivity index (χ1) is 8.60. The summed E-state index contributed by atoms with van der Waals surface area (Å²) in [5, 5.41) is 4.18. The Morgan fingerprint density at radius 2 is 1.83 bits per heavy atom. The van der Waals surface area contributed by atoms with E-state index in [1.807, 2.05) is 18.2 Å². The van der Waals surface area contributed by atoms with Crippen molar-refractivity contribution in [2.75, 3.05) is 18.2 Å². The van der Waals surface area contributed by atoms with E-state index in [0.29, 0.717) is 21.5 Å². The minimum absolute atomic E-state index is 0.494. The van der Waals surface area contributed by atoms with Crippen LogP contribution in [0.4, 0.5) is 17.1 Å². The van der Waals surface area contributed by atoms with Gasteiger partial charge in [0.2, 0.25) is 0 Å². The summed E-state index contributed by atoms with van der Waals surface area (Å²) in [6.45, 7) is 0. The van der Waals surface area contributed by atoms with Gasteiger partial charge < -0.3 is 15.8 Å². The molecule has 0 aliphatic carbocycles. The lowest BCUT2D eigenvalue weighted by Gasteiger charge is -2.11. The highest BCUT2D eigenvalue weighted by molar-refractivity contribution is 6.42. The Bertz CT molecular complexity index is 573. The van der Waals surface area contributed by atoms with Gasteiger partial charge in [0.05, 0.1) is 28.5 Å². The molecule has 18 heavy (non-hydrogen) atoms. The summed E-state index contributed by atoms with van der Waals surface area (Å²) in [4.78, 5) is 0. The molecule has 3 nitrogen and oxygen atoms in total. The average Bonchev–Trinajstić information content (AvgIpc) is 2.36. The number of methoxy groups -OCH3 is 1. The van der Waals surface area contributed by atoms with E-state index >= 15 is 0 Å². The number of benzene rings is 2. The number of rotatable bonds is 3. The van der Waals surface area contributed by atoms with Gasteiger partial charge in [-0.25, -0.2) is 0 Å². The summed E-state index contributed by atoms with van der Waals surface area (Å²) >= 11 is 11.8. The Kier molecular flexibility index (Phi) is 3.84. The summed E-state index contributed by atoms with van der Waals surface area (Å²) in [7, 11) is 1.60. The number of nitrogens with one attached hydrogen (secondary N) is 1. The molecule has 0 radical (unpaired) electrons. The lowest BCUT2D eigenvalue weighted by molar-refractivity contribution is 0.415. The molecular formula is C13H12Cl2N2O. The van der Waals surface area contributed by atoms with E-state index in [0.717, 1.165) is 11.4 Å². The number of ether oxygens (including phenoxy) is 1. The van der Waals surface area contributed by atoms with Crippen LogP contribution in [0.25, 0.3) is 0 Å². The maximum absolute atomic E-state index is 5.94.